The summed E-state index contributed by atoms with van der Waals surface area (Å²) >= 11 is 0. The number of amides is 2. The van der Waals surface area contributed by atoms with E-state index in [-0.39, 0.29) is 17.7 Å². The molecule has 2 aromatic carbocycles. The lowest BCUT2D eigenvalue weighted by atomic mass is 9.97. The van der Waals surface area contributed by atoms with Gasteiger partial charge in [0.2, 0.25) is 0 Å². The van der Waals surface area contributed by atoms with E-state index >= 15 is 0 Å². The largest absolute Gasteiger partial charge is 0.352 e. The predicted octanol–water partition coefficient (Wildman–Crippen LogP) is 2.30. The van der Waals surface area contributed by atoms with E-state index < -0.39 is 0 Å². The maximum absolute atomic E-state index is 12.3. The van der Waals surface area contributed by atoms with Crippen molar-refractivity contribution >= 4 is 17.9 Å². The Kier molecular flexibility index (Phi) is 5.03. The standard InChI is InChI=1S/C22H24N2O2/c1-13-5-8-18(11-15(13)3)21(25)23-10-9-19-12-17-7-6-14(2)16(4)20(17)24-22(19)26/h5-8,11-12,19H,9-10H2,1-4H3,(H,23,25). The van der Waals surface area contributed by atoms with Crippen molar-refractivity contribution in [2.24, 2.45) is 10.9 Å². The van der Waals surface area contributed by atoms with E-state index in [2.05, 4.69) is 16.4 Å². The fourth-order valence-corrected chi connectivity index (χ4v) is 3.12. The first kappa shape index (κ1) is 18.1. The highest BCUT2D eigenvalue weighted by Crippen LogP contribution is 2.12. The van der Waals surface area contributed by atoms with Gasteiger partial charge >= 0.3 is 0 Å². The number of nitrogens with one attached hydrogen (secondary N) is 1. The Morgan fingerprint density at radius 2 is 1.77 bits per heavy atom. The van der Waals surface area contributed by atoms with Crippen molar-refractivity contribution in [2.75, 3.05) is 6.54 Å². The van der Waals surface area contributed by atoms with Crippen molar-refractivity contribution in [3.05, 3.63) is 68.7 Å². The molecule has 26 heavy (non-hydrogen) atoms. The van der Waals surface area contributed by atoms with Crippen LogP contribution in [-0.2, 0) is 4.79 Å². The second-order valence-corrected chi connectivity index (χ2v) is 7.01. The summed E-state index contributed by atoms with van der Waals surface area (Å²) in [6.45, 7) is 8.46. The number of hydrogen-bond acceptors (Lipinski definition) is 2. The van der Waals surface area contributed by atoms with Crippen LogP contribution in [0.4, 0.5) is 0 Å². The fraction of sp³-hybridized carbons (Fsp3) is 0.318. The minimum Gasteiger partial charge on any atom is -0.352 e. The first-order valence-electron chi connectivity index (χ1n) is 8.93. The molecule has 0 saturated carbocycles. The summed E-state index contributed by atoms with van der Waals surface area (Å²) in [4.78, 5) is 28.9. The monoisotopic (exact) mass is 348 g/mol. The summed E-state index contributed by atoms with van der Waals surface area (Å²) in [6, 6.07) is 9.72. The molecule has 0 spiro atoms. The van der Waals surface area contributed by atoms with Gasteiger partial charge in [-0.05, 0) is 73.7 Å². The highest BCUT2D eigenvalue weighted by atomic mass is 16.2. The van der Waals surface area contributed by atoms with Gasteiger partial charge in [-0.15, -0.1) is 0 Å². The highest BCUT2D eigenvalue weighted by molar-refractivity contribution is 5.94. The maximum atomic E-state index is 12.3. The summed E-state index contributed by atoms with van der Waals surface area (Å²) < 4.78 is 0. The highest BCUT2D eigenvalue weighted by Gasteiger charge is 2.19. The summed E-state index contributed by atoms with van der Waals surface area (Å²) in [5, 5.41) is 4.69. The van der Waals surface area contributed by atoms with E-state index in [0.717, 1.165) is 32.8 Å². The number of nitrogens with zero attached hydrogens (tertiary/aromatic N) is 1. The Bertz CT molecular complexity index is 1010. The summed E-state index contributed by atoms with van der Waals surface area (Å²) in [7, 11) is 0. The van der Waals surface area contributed by atoms with Crippen LogP contribution in [0.1, 0.15) is 39.0 Å². The normalized spacial score (nSPS) is 15.7. The van der Waals surface area contributed by atoms with Crippen LogP contribution in [0.15, 0.2) is 35.3 Å². The smallest absolute Gasteiger partial charge is 0.253 e. The van der Waals surface area contributed by atoms with Crippen molar-refractivity contribution in [1.29, 1.82) is 0 Å². The molecule has 0 fully saturated rings. The summed E-state index contributed by atoms with van der Waals surface area (Å²) in [5.74, 6) is -0.531. The second-order valence-electron chi connectivity index (χ2n) is 7.01. The van der Waals surface area contributed by atoms with E-state index in [1.165, 1.54) is 0 Å². The van der Waals surface area contributed by atoms with Gasteiger partial charge in [0.1, 0.15) is 0 Å². The molecule has 1 heterocycles. The number of hydrogen-bond donors (Lipinski definition) is 1. The molecular weight excluding hydrogens is 324 g/mol. The Labute approximate surface area is 153 Å². The Hall–Kier alpha value is -2.75. The van der Waals surface area contributed by atoms with Crippen LogP contribution in [0.5, 0.6) is 0 Å². The summed E-state index contributed by atoms with van der Waals surface area (Å²) in [5.41, 5.74) is 5.08. The molecule has 1 unspecified atom stereocenters. The van der Waals surface area contributed by atoms with Gasteiger partial charge in [-0.2, -0.15) is 0 Å². The first-order valence-corrected chi connectivity index (χ1v) is 8.93. The molecule has 0 aromatic heterocycles. The Morgan fingerprint density at radius 3 is 2.50 bits per heavy atom. The number of aryl methyl sites for hydroxylation is 3. The van der Waals surface area contributed by atoms with Crippen molar-refractivity contribution in [2.45, 2.75) is 34.1 Å². The van der Waals surface area contributed by atoms with Crippen LogP contribution >= 0.6 is 0 Å². The Balaban J connectivity index is 1.67. The van der Waals surface area contributed by atoms with E-state index in [9.17, 15) is 9.59 Å². The van der Waals surface area contributed by atoms with Crippen molar-refractivity contribution in [1.82, 2.24) is 5.32 Å². The van der Waals surface area contributed by atoms with Gasteiger partial charge in [0.05, 0.1) is 11.3 Å². The molecule has 4 nitrogen and oxygen atoms in total. The van der Waals surface area contributed by atoms with Crippen LogP contribution in [0.2, 0.25) is 0 Å². The zero-order valence-electron chi connectivity index (χ0n) is 15.7. The molecule has 2 amide bonds. The molecule has 0 aliphatic carbocycles. The molecule has 1 aliphatic rings. The predicted molar refractivity (Wildman–Crippen MR) is 103 cm³/mol. The van der Waals surface area contributed by atoms with E-state index in [1.807, 2.05) is 58.0 Å². The zero-order valence-corrected chi connectivity index (χ0v) is 15.7. The van der Waals surface area contributed by atoms with Gasteiger partial charge in [0.25, 0.3) is 11.8 Å². The van der Waals surface area contributed by atoms with Gasteiger partial charge in [0, 0.05) is 12.1 Å². The average molecular weight is 348 g/mol. The lowest BCUT2D eigenvalue weighted by molar-refractivity contribution is -0.120. The third-order valence-electron chi connectivity index (χ3n) is 5.16. The van der Waals surface area contributed by atoms with Crippen LogP contribution in [0.3, 0.4) is 0 Å². The average Bonchev–Trinajstić information content (AvgIpc) is 2.61. The van der Waals surface area contributed by atoms with Gasteiger partial charge in [-0.25, -0.2) is 4.99 Å². The maximum Gasteiger partial charge on any atom is 0.253 e. The molecule has 0 radical (unpaired) electrons. The van der Waals surface area contributed by atoms with Crippen LogP contribution in [-0.4, -0.2) is 18.4 Å². The quantitative estimate of drug-likeness (QED) is 0.922. The van der Waals surface area contributed by atoms with Crippen LogP contribution < -0.4 is 15.9 Å². The number of carbonyl (C=O) groups excluding carboxylic acids is 2. The molecule has 3 rings (SSSR count). The molecule has 1 N–H and O–H groups in total. The lowest BCUT2D eigenvalue weighted by Crippen LogP contribution is -2.37. The van der Waals surface area contributed by atoms with E-state index in [1.54, 1.807) is 0 Å². The number of carbonyl (C=O) groups is 2. The van der Waals surface area contributed by atoms with Gasteiger partial charge in [-0.3, -0.25) is 9.59 Å². The number of benzene rings is 2. The molecule has 0 saturated heterocycles. The Morgan fingerprint density at radius 1 is 1.04 bits per heavy atom. The molecule has 1 aliphatic heterocycles. The van der Waals surface area contributed by atoms with Crippen molar-refractivity contribution in [3.8, 4) is 0 Å². The third kappa shape index (κ3) is 3.59. The minimum absolute atomic E-state index is 0.111. The van der Waals surface area contributed by atoms with Gasteiger partial charge < -0.3 is 5.32 Å². The zero-order chi connectivity index (χ0) is 18.8. The van der Waals surface area contributed by atoms with Crippen molar-refractivity contribution < 1.29 is 9.59 Å². The third-order valence-corrected chi connectivity index (χ3v) is 5.16. The van der Waals surface area contributed by atoms with Gasteiger partial charge in [0.15, 0.2) is 0 Å². The molecular formula is C22H24N2O2. The molecule has 1 atom stereocenters. The van der Waals surface area contributed by atoms with Crippen LogP contribution in [0.25, 0.3) is 6.08 Å². The number of rotatable bonds is 4. The molecule has 134 valence electrons. The molecule has 2 aromatic rings. The first-order chi connectivity index (χ1) is 12.4. The fourth-order valence-electron chi connectivity index (χ4n) is 3.12. The van der Waals surface area contributed by atoms with E-state index in [4.69, 9.17) is 0 Å². The molecule has 0 bridgehead atoms. The van der Waals surface area contributed by atoms with E-state index in [0.29, 0.717) is 18.5 Å². The SMILES string of the molecule is Cc1ccc(C(=O)NCCC2C=c3ccc(C)c(C)c3=NC2=O)cc1C. The van der Waals surface area contributed by atoms with Crippen molar-refractivity contribution in [3.63, 3.8) is 0 Å². The minimum atomic E-state index is -0.287. The van der Waals surface area contributed by atoms with Gasteiger partial charge in [-0.1, -0.05) is 24.3 Å². The second kappa shape index (κ2) is 7.24. The lowest BCUT2D eigenvalue weighted by Gasteiger charge is -2.14. The number of fused-ring (bicyclic) bond motifs is 1. The topological polar surface area (TPSA) is 58.5 Å². The molecule has 4 heteroatoms. The summed E-state index contributed by atoms with van der Waals surface area (Å²) in [6.07, 6.45) is 2.52. The van der Waals surface area contributed by atoms with Crippen LogP contribution in [0, 0.1) is 33.6 Å².